The second-order valence-electron chi connectivity index (χ2n) is 4.31. The first-order valence-electron chi connectivity index (χ1n) is 6.20. The first-order valence-corrected chi connectivity index (χ1v) is 6.20. The van der Waals surface area contributed by atoms with Gasteiger partial charge in [-0.15, -0.1) is 0 Å². The average Bonchev–Trinajstić information content (AvgIpc) is 2.38. The Hall–Kier alpha value is -1.81. The van der Waals surface area contributed by atoms with E-state index in [2.05, 4.69) is 17.2 Å². The molecule has 96 valence electrons. The zero-order chi connectivity index (χ0) is 13.0. The lowest BCUT2D eigenvalue weighted by atomic mass is 10.1. The summed E-state index contributed by atoms with van der Waals surface area (Å²) in [7, 11) is 0. The maximum Gasteiger partial charge on any atom is 0.0951 e. The molecule has 0 bridgehead atoms. The molecular formula is C14H19N3O. The Morgan fingerprint density at radius 2 is 2.22 bits per heavy atom. The predicted octanol–water partition coefficient (Wildman–Crippen LogP) is 2.65. The molecule has 0 fully saturated rings. The number of benzene rings is 1. The molecule has 0 saturated carbocycles. The number of nitrogen functional groups attached to an aromatic ring is 1. The molecule has 3 N–H and O–H groups in total. The second-order valence-corrected chi connectivity index (χ2v) is 4.31. The number of rotatable bonds is 5. The highest BCUT2D eigenvalue weighted by molar-refractivity contribution is 5.97. The smallest absolute Gasteiger partial charge is 0.0951 e. The molecule has 0 spiro atoms. The number of ether oxygens (including phenoxy) is 1. The quantitative estimate of drug-likeness (QED) is 0.795. The van der Waals surface area contributed by atoms with Crippen molar-refractivity contribution in [3.05, 3.63) is 30.5 Å². The summed E-state index contributed by atoms with van der Waals surface area (Å²) >= 11 is 0. The standard InChI is InChI=1S/C14H19N3O/c1-3-18-9-10(2)17-13-7-8-16-14-11(13)5-4-6-12(14)15/h4-8,10H,3,9,15H2,1-2H3,(H,16,17). The van der Waals surface area contributed by atoms with Crippen LogP contribution in [0.15, 0.2) is 30.5 Å². The minimum atomic E-state index is 0.247. The number of nitrogens with one attached hydrogen (secondary N) is 1. The van der Waals surface area contributed by atoms with Crippen LogP contribution in [0.4, 0.5) is 11.4 Å². The highest BCUT2D eigenvalue weighted by Gasteiger charge is 2.07. The van der Waals surface area contributed by atoms with Gasteiger partial charge in [0.2, 0.25) is 0 Å². The van der Waals surface area contributed by atoms with Crippen molar-refractivity contribution in [2.24, 2.45) is 0 Å². The van der Waals surface area contributed by atoms with E-state index in [4.69, 9.17) is 10.5 Å². The van der Waals surface area contributed by atoms with Gasteiger partial charge in [0, 0.05) is 29.9 Å². The van der Waals surface area contributed by atoms with Gasteiger partial charge in [-0.1, -0.05) is 12.1 Å². The van der Waals surface area contributed by atoms with Crippen LogP contribution in [0, 0.1) is 0 Å². The van der Waals surface area contributed by atoms with Crippen LogP contribution in [0.25, 0.3) is 10.9 Å². The molecule has 1 heterocycles. The molecule has 4 nitrogen and oxygen atoms in total. The molecule has 2 rings (SSSR count). The van der Waals surface area contributed by atoms with Gasteiger partial charge >= 0.3 is 0 Å². The van der Waals surface area contributed by atoms with E-state index < -0.39 is 0 Å². The fourth-order valence-corrected chi connectivity index (χ4v) is 1.93. The number of pyridine rings is 1. The Morgan fingerprint density at radius 3 is 3.00 bits per heavy atom. The highest BCUT2D eigenvalue weighted by Crippen LogP contribution is 2.25. The minimum absolute atomic E-state index is 0.247. The van der Waals surface area contributed by atoms with E-state index in [1.807, 2.05) is 31.2 Å². The highest BCUT2D eigenvalue weighted by atomic mass is 16.5. The zero-order valence-electron chi connectivity index (χ0n) is 10.8. The lowest BCUT2D eigenvalue weighted by Gasteiger charge is -2.16. The minimum Gasteiger partial charge on any atom is -0.397 e. The normalized spacial score (nSPS) is 12.6. The molecule has 1 aromatic heterocycles. The molecule has 0 amide bonds. The Labute approximate surface area is 107 Å². The SMILES string of the molecule is CCOCC(C)Nc1ccnc2c(N)cccc12. The summed E-state index contributed by atoms with van der Waals surface area (Å²) in [6.07, 6.45) is 1.77. The lowest BCUT2D eigenvalue weighted by molar-refractivity contribution is 0.141. The summed E-state index contributed by atoms with van der Waals surface area (Å²) in [5, 5.41) is 4.47. The molecule has 4 heteroatoms. The maximum absolute atomic E-state index is 5.92. The molecule has 1 unspecified atom stereocenters. The molecule has 0 aliphatic heterocycles. The monoisotopic (exact) mass is 245 g/mol. The van der Waals surface area contributed by atoms with Crippen LogP contribution in [0.3, 0.4) is 0 Å². The number of para-hydroxylation sites is 1. The predicted molar refractivity (Wildman–Crippen MR) is 75.7 cm³/mol. The number of hydrogen-bond donors (Lipinski definition) is 2. The Balaban J connectivity index is 2.25. The Kier molecular flexibility index (Phi) is 3.99. The van der Waals surface area contributed by atoms with Crippen molar-refractivity contribution >= 4 is 22.3 Å². The van der Waals surface area contributed by atoms with Crippen LogP contribution < -0.4 is 11.1 Å². The topological polar surface area (TPSA) is 60.2 Å². The third-order valence-electron chi connectivity index (χ3n) is 2.78. The molecule has 0 aliphatic rings. The number of aromatic nitrogens is 1. The van der Waals surface area contributed by atoms with Crippen LogP contribution in [0.1, 0.15) is 13.8 Å². The molecule has 18 heavy (non-hydrogen) atoms. The van der Waals surface area contributed by atoms with Gasteiger partial charge in [0.05, 0.1) is 17.8 Å². The molecule has 0 saturated heterocycles. The largest absolute Gasteiger partial charge is 0.397 e. The Morgan fingerprint density at radius 1 is 1.39 bits per heavy atom. The van der Waals surface area contributed by atoms with E-state index >= 15 is 0 Å². The molecule has 0 radical (unpaired) electrons. The van der Waals surface area contributed by atoms with Crippen LogP contribution in [-0.2, 0) is 4.74 Å². The summed E-state index contributed by atoms with van der Waals surface area (Å²) in [6.45, 7) is 5.50. The number of nitrogens with two attached hydrogens (primary N) is 1. The molecule has 2 aromatic rings. The van der Waals surface area contributed by atoms with Gasteiger partial charge in [-0.2, -0.15) is 0 Å². The van der Waals surface area contributed by atoms with E-state index in [1.165, 1.54) is 0 Å². The van der Waals surface area contributed by atoms with Gasteiger partial charge in [-0.05, 0) is 26.0 Å². The van der Waals surface area contributed by atoms with Crippen molar-refractivity contribution in [3.63, 3.8) is 0 Å². The summed E-state index contributed by atoms with van der Waals surface area (Å²) < 4.78 is 5.40. The maximum atomic E-state index is 5.92. The third-order valence-corrected chi connectivity index (χ3v) is 2.78. The number of nitrogens with zero attached hydrogens (tertiary/aromatic N) is 1. The van der Waals surface area contributed by atoms with Crippen molar-refractivity contribution in [2.45, 2.75) is 19.9 Å². The Bertz CT molecular complexity index is 527. The van der Waals surface area contributed by atoms with Crippen molar-refractivity contribution in [2.75, 3.05) is 24.3 Å². The van der Waals surface area contributed by atoms with Crippen LogP contribution in [0.5, 0.6) is 0 Å². The molecule has 1 aromatic carbocycles. The average molecular weight is 245 g/mol. The summed E-state index contributed by atoms with van der Waals surface area (Å²) in [5.41, 5.74) is 8.50. The summed E-state index contributed by atoms with van der Waals surface area (Å²) in [4.78, 5) is 4.31. The van der Waals surface area contributed by atoms with Crippen molar-refractivity contribution in [3.8, 4) is 0 Å². The van der Waals surface area contributed by atoms with Crippen molar-refractivity contribution < 1.29 is 4.74 Å². The van der Waals surface area contributed by atoms with E-state index in [-0.39, 0.29) is 6.04 Å². The molecule has 1 atom stereocenters. The fourth-order valence-electron chi connectivity index (χ4n) is 1.93. The van der Waals surface area contributed by atoms with Gasteiger partial charge in [-0.25, -0.2) is 0 Å². The van der Waals surface area contributed by atoms with Gasteiger partial charge in [0.1, 0.15) is 0 Å². The zero-order valence-corrected chi connectivity index (χ0v) is 10.8. The first-order chi connectivity index (χ1) is 8.72. The fraction of sp³-hybridized carbons (Fsp3) is 0.357. The lowest BCUT2D eigenvalue weighted by Crippen LogP contribution is -2.21. The second kappa shape index (κ2) is 5.69. The van der Waals surface area contributed by atoms with Crippen LogP contribution >= 0.6 is 0 Å². The third kappa shape index (κ3) is 2.71. The van der Waals surface area contributed by atoms with Crippen molar-refractivity contribution in [1.82, 2.24) is 4.98 Å². The number of anilines is 2. The number of hydrogen-bond acceptors (Lipinski definition) is 4. The number of fused-ring (bicyclic) bond motifs is 1. The van der Waals surface area contributed by atoms with Gasteiger partial charge in [-0.3, -0.25) is 4.98 Å². The van der Waals surface area contributed by atoms with Gasteiger partial charge < -0.3 is 15.8 Å². The van der Waals surface area contributed by atoms with Gasteiger partial charge in [0.15, 0.2) is 0 Å². The van der Waals surface area contributed by atoms with Crippen LogP contribution in [0.2, 0.25) is 0 Å². The van der Waals surface area contributed by atoms with E-state index in [0.717, 1.165) is 23.2 Å². The van der Waals surface area contributed by atoms with Crippen LogP contribution in [-0.4, -0.2) is 24.2 Å². The van der Waals surface area contributed by atoms with E-state index in [1.54, 1.807) is 6.20 Å². The molecule has 0 aliphatic carbocycles. The first kappa shape index (κ1) is 12.6. The summed E-state index contributed by atoms with van der Waals surface area (Å²) in [6, 6.07) is 8.04. The van der Waals surface area contributed by atoms with E-state index in [9.17, 15) is 0 Å². The summed E-state index contributed by atoms with van der Waals surface area (Å²) in [5.74, 6) is 0. The molecular weight excluding hydrogens is 226 g/mol. The van der Waals surface area contributed by atoms with Crippen molar-refractivity contribution in [1.29, 1.82) is 0 Å². The van der Waals surface area contributed by atoms with Gasteiger partial charge in [0.25, 0.3) is 0 Å². The van der Waals surface area contributed by atoms with E-state index in [0.29, 0.717) is 12.3 Å².